The molecular weight excluding hydrogens is 208 g/mol. The second kappa shape index (κ2) is 3.59. The summed E-state index contributed by atoms with van der Waals surface area (Å²) in [7, 11) is 0. The van der Waals surface area contributed by atoms with Gasteiger partial charge in [-0.25, -0.2) is 0 Å². The fourth-order valence-corrected chi connectivity index (χ4v) is 1.85. The molecule has 6 nitrogen and oxygen atoms in total. The van der Waals surface area contributed by atoms with Gasteiger partial charge in [0.1, 0.15) is 11.9 Å². The molecule has 1 saturated carbocycles. The summed E-state index contributed by atoms with van der Waals surface area (Å²) >= 11 is 0. The molecule has 2 rings (SSSR count). The van der Waals surface area contributed by atoms with Crippen molar-refractivity contribution in [3.05, 3.63) is 22.0 Å². The highest BCUT2D eigenvalue weighted by Gasteiger charge is 2.43. The number of nitrogens with zero attached hydrogens (tertiary/aromatic N) is 4. The molecule has 0 aliphatic heterocycles. The summed E-state index contributed by atoms with van der Waals surface area (Å²) < 4.78 is 1.60. The molecule has 0 aromatic carbocycles. The minimum Gasteiger partial charge on any atom is -0.265 e. The molecule has 1 aliphatic carbocycles. The van der Waals surface area contributed by atoms with Gasteiger partial charge in [0.05, 0.1) is 11.0 Å². The molecule has 1 aromatic heterocycles. The number of nitriles is 1. The van der Waals surface area contributed by atoms with E-state index in [1.807, 2.05) is 0 Å². The van der Waals surface area contributed by atoms with Gasteiger partial charge in [0.2, 0.25) is 0 Å². The number of hydrogen-bond donors (Lipinski definition) is 0. The summed E-state index contributed by atoms with van der Waals surface area (Å²) in [5, 5.41) is 23.4. The van der Waals surface area contributed by atoms with E-state index in [4.69, 9.17) is 5.26 Å². The van der Waals surface area contributed by atoms with Crippen molar-refractivity contribution in [1.29, 1.82) is 5.26 Å². The molecule has 0 N–H and O–H groups in total. The van der Waals surface area contributed by atoms with E-state index in [1.54, 1.807) is 11.6 Å². The summed E-state index contributed by atoms with van der Waals surface area (Å²) in [6.07, 6.45) is 3.97. The fourth-order valence-electron chi connectivity index (χ4n) is 1.85. The topological polar surface area (TPSA) is 84.8 Å². The lowest BCUT2D eigenvalue weighted by molar-refractivity contribution is -0.385. The summed E-state index contributed by atoms with van der Waals surface area (Å²) in [5.74, 6) is 0. The molecule has 1 aromatic rings. The van der Waals surface area contributed by atoms with Crippen LogP contribution in [0.15, 0.2) is 6.20 Å². The fraction of sp³-hybridized carbons (Fsp3) is 0.600. The average Bonchev–Trinajstić information content (AvgIpc) is 2.83. The van der Waals surface area contributed by atoms with Crippen LogP contribution < -0.4 is 0 Å². The minimum atomic E-state index is -0.428. The first-order valence-corrected chi connectivity index (χ1v) is 5.12. The first-order valence-electron chi connectivity index (χ1n) is 5.12. The third-order valence-electron chi connectivity index (χ3n) is 3.03. The van der Waals surface area contributed by atoms with Crippen molar-refractivity contribution < 1.29 is 4.92 Å². The Labute approximate surface area is 92.6 Å². The van der Waals surface area contributed by atoms with Crippen LogP contribution in [0, 0.1) is 33.8 Å². The third kappa shape index (κ3) is 1.89. The second-order valence-electron chi connectivity index (χ2n) is 4.39. The van der Waals surface area contributed by atoms with Crippen molar-refractivity contribution in [1.82, 2.24) is 9.78 Å². The maximum atomic E-state index is 10.6. The van der Waals surface area contributed by atoms with E-state index < -0.39 is 4.92 Å². The van der Waals surface area contributed by atoms with E-state index in [0.29, 0.717) is 18.7 Å². The van der Waals surface area contributed by atoms with Gasteiger partial charge >= 0.3 is 5.69 Å². The Morgan fingerprint density at radius 2 is 2.44 bits per heavy atom. The van der Waals surface area contributed by atoms with Crippen LogP contribution in [-0.4, -0.2) is 14.7 Å². The zero-order valence-corrected chi connectivity index (χ0v) is 9.01. The molecule has 1 fully saturated rings. The molecule has 0 bridgehead atoms. The molecule has 0 amide bonds. The van der Waals surface area contributed by atoms with Crippen LogP contribution in [0.5, 0.6) is 0 Å². The maximum Gasteiger partial charge on any atom is 0.309 e. The summed E-state index contributed by atoms with van der Waals surface area (Å²) in [4.78, 5) is 10.2. The SMILES string of the molecule is Cc1nn(CC2(CC#N)CC2)cc1[N+](=O)[O-]. The predicted octanol–water partition coefficient (Wildman–Crippen LogP) is 1.79. The van der Waals surface area contributed by atoms with Crippen LogP contribution >= 0.6 is 0 Å². The van der Waals surface area contributed by atoms with Gasteiger partial charge in [-0.15, -0.1) is 0 Å². The van der Waals surface area contributed by atoms with Crippen LogP contribution in [0.4, 0.5) is 5.69 Å². The smallest absolute Gasteiger partial charge is 0.265 e. The number of nitro groups is 1. The van der Waals surface area contributed by atoms with Gasteiger partial charge < -0.3 is 0 Å². The molecule has 0 spiro atoms. The standard InChI is InChI=1S/C10H12N4O2/c1-8-9(14(15)16)6-13(12-8)7-10(2-3-10)4-5-11/h6H,2-4,7H2,1H3. The lowest BCUT2D eigenvalue weighted by Crippen LogP contribution is -2.11. The number of hydrogen-bond acceptors (Lipinski definition) is 4. The van der Waals surface area contributed by atoms with Crippen LogP contribution in [0.2, 0.25) is 0 Å². The van der Waals surface area contributed by atoms with E-state index in [9.17, 15) is 10.1 Å². The van der Waals surface area contributed by atoms with Crippen LogP contribution in [0.1, 0.15) is 25.0 Å². The number of aryl methyl sites for hydroxylation is 1. The quantitative estimate of drug-likeness (QED) is 0.572. The second-order valence-corrected chi connectivity index (χ2v) is 4.39. The van der Waals surface area contributed by atoms with Gasteiger partial charge in [-0.05, 0) is 19.8 Å². The molecule has 84 valence electrons. The first kappa shape index (κ1) is 10.6. The Morgan fingerprint density at radius 1 is 1.75 bits per heavy atom. The molecular formula is C10H12N4O2. The Bertz CT molecular complexity index is 468. The minimum absolute atomic E-state index is 0.0150. The van der Waals surface area contributed by atoms with E-state index in [0.717, 1.165) is 12.8 Å². The molecule has 16 heavy (non-hydrogen) atoms. The zero-order valence-electron chi connectivity index (χ0n) is 9.01. The Kier molecular flexibility index (Phi) is 2.38. The molecule has 0 unspecified atom stereocenters. The average molecular weight is 220 g/mol. The van der Waals surface area contributed by atoms with E-state index in [2.05, 4.69) is 11.2 Å². The van der Waals surface area contributed by atoms with E-state index in [1.165, 1.54) is 6.20 Å². The Morgan fingerprint density at radius 3 is 2.88 bits per heavy atom. The van der Waals surface area contributed by atoms with Crippen molar-refractivity contribution >= 4 is 5.69 Å². The number of aromatic nitrogens is 2. The maximum absolute atomic E-state index is 10.6. The monoisotopic (exact) mass is 220 g/mol. The first-order chi connectivity index (χ1) is 7.56. The lowest BCUT2D eigenvalue weighted by atomic mass is 10.0. The molecule has 0 saturated heterocycles. The molecule has 6 heteroatoms. The molecule has 0 atom stereocenters. The van der Waals surface area contributed by atoms with Gasteiger partial charge in [0.15, 0.2) is 0 Å². The molecule has 1 heterocycles. The van der Waals surface area contributed by atoms with Crippen LogP contribution in [0.3, 0.4) is 0 Å². The van der Waals surface area contributed by atoms with Crippen LogP contribution in [-0.2, 0) is 6.54 Å². The largest absolute Gasteiger partial charge is 0.309 e. The number of rotatable bonds is 4. The van der Waals surface area contributed by atoms with Gasteiger partial charge in [-0.3, -0.25) is 14.8 Å². The highest BCUT2D eigenvalue weighted by molar-refractivity contribution is 5.31. The molecule has 1 aliphatic rings. The lowest BCUT2D eigenvalue weighted by Gasteiger charge is -2.09. The normalized spacial score (nSPS) is 16.8. The predicted molar refractivity (Wildman–Crippen MR) is 55.5 cm³/mol. The van der Waals surface area contributed by atoms with Gasteiger partial charge in [-0.1, -0.05) is 0 Å². The molecule has 0 radical (unpaired) electrons. The zero-order chi connectivity index (χ0) is 11.8. The van der Waals surface area contributed by atoms with Crippen LogP contribution in [0.25, 0.3) is 0 Å². The summed E-state index contributed by atoms with van der Waals surface area (Å²) in [6.45, 7) is 2.23. The van der Waals surface area contributed by atoms with E-state index in [-0.39, 0.29) is 11.1 Å². The highest BCUT2D eigenvalue weighted by Crippen LogP contribution is 2.49. The van der Waals surface area contributed by atoms with Crippen molar-refractivity contribution in [2.24, 2.45) is 5.41 Å². The third-order valence-corrected chi connectivity index (χ3v) is 3.03. The Hall–Kier alpha value is -1.90. The van der Waals surface area contributed by atoms with E-state index >= 15 is 0 Å². The van der Waals surface area contributed by atoms with Gasteiger partial charge in [0.25, 0.3) is 0 Å². The van der Waals surface area contributed by atoms with Gasteiger partial charge in [0, 0.05) is 18.4 Å². The highest BCUT2D eigenvalue weighted by atomic mass is 16.6. The Balaban J connectivity index is 2.14. The summed E-state index contributed by atoms with van der Waals surface area (Å²) in [6, 6.07) is 2.16. The summed E-state index contributed by atoms with van der Waals surface area (Å²) in [5.41, 5.74) is 0.492. The van der Waals surface area contributed by atoms with Crippen molar-refractivity contribution in [2.75, 3.05) is 0 Å². The van der Waals surface area contributed by atoms with Gasteiger partial charge in [-0.2, -0.15) is 10.4 Å². The van der Waals surface area contributed by atoms with Crippen molar-refractivity contribution in [2.45, 2.75) is 32.7 Å². The van der Waals surface area contributed by atoms with Crippen molar-refractivity contribution in [3.8, 4) is 6.07 Å². The van der Waals surface area contributed by atoms with Crippen molar-refractivity contribution in [3.63, 3.8) is 0 Å².